The number of ketones is 1. The maximum Gasteiger partial charge on any atom is 0.138 e. The van der Waals surface area contributed by atoms with Crippen molar-refractivity contribution in [3.8, 4) is 0 Å². The van der Waals surface area contributed by atoms with Gasteiger partial charge in [-0.15, -0.1) is 0 Å². The van der Waals surface area contributed by atoms with E-state index in [2.05, 4.69) is 4.98 Å². The second-order valence-corrected chi connectivity index (χ2v) is 4.18. The normalized spacial score (nSPS) is 12.8. The van der Waals surface area contributed by atoms with Crippen LogP contribution in [0.4, 0.5) is 0 Å². The number of hydrogen-bond donors (Lipinski definition) is 1. The predicted molar refractivity (Wildman–Crippen MR) is 60.4 cm³/mol. The smallest absolute Gasteiger partial charge is 0.138 e. The van der Waals surface area contributed by atoms with Crippen LogP contribution in [0.3, 0.4) is 0 Å². The lowest BCUT2D eigenvalue weighted by molar-refractivity contribution is -0.118. The van der Waals surface area contributed by atoms with Crippen molar-refractivity contribution in [1.82, 2.24) is 4.98 Å². The second kappa shape index (κ2) is 5.61. The number of Topliss-reactive ketones (excluding diaryl/α,β-unsaturated/α-hetero) is 1. The van der Waals surface area contributed by atoms with Crippen LogP contribution in [0.15, 0.2) is 24.5 Å². The number of rotatable bonds is 5. The van der Waals surface area contributed by atoms with Gasteiger partial charge >= 0.3 is 0 Å². The molecule has 1 unspecified atom stereocenters. The zero-order chi connectivity index (χ0) is 11.3. The van der Waals surface area contributed by atoms with Crippen molar-refractivity contribution >= 4 is 5.78 Å². The number of hydrogen-bond acceptors (Lipinski definition) is 3. The molecule has 1 heterocycles. The number of nitrogens with two attached hydrogens (primary N) is 1. The van der Waals surface area contributed by atoms with E-state index in [9.17, 15) is 4.79 Å². The Bertz CT molecular complexity index is 309. The van der Waals surface area contributed by atoms with Gasteiger partial charge in [-0.2, -0.15) is 0 Å². The van der Waals surface area contributed by atoms with Gasteiger partial charge in [0.05, 0.1) is 0 Å². The molecule has 0 saturated carbocycles. The minimum Gasteiger partial charge on any atom is -0.327 e. The van der Waals surface area contributed by atoms with Gasteiger partial charge in [0.2, 0.25) is 0 Å². The van der Waals surface area contributed by atoms with E-state index in [0.717, 1.165) is 5.56 Å². The highest BCUT2D eigenvalue weighted by Crippen LogP contribution is 2.06. The molecule has 0 saturated heterocycles. The molecule has 0 aliphatic heterocycles. The number of nitrogens with zero attached hydrogens (tertiary/aromatic N) is 1. The summed E-state index contributed by atoms with van der Waals surface area (Å²) in [6.45, 7) is 4.06. The van der Waals surface area contributed by atoms with E-state index in [1.54, 1.807) is 12.4 Å². The highest BCUT2D eigenvalue weighted by atomic mass is 16.1. The molecule has 1 aromatic heterocycles. The lowest BCUT2D eigenvalue weighted by Gasteiger charge is -2.14. The van der Waals surface area contributed by atoms with Gasteiger partial charge < -0.3 is 5.73 Å². The van der Waals surface area contributed by atoms with Crippen LogP contribution < -0.4 is 5.73 Å². The molecule has 1 aromatic rings. The molecule has 1 atom stereocenters. The first kappa shape index (κ1) is 11.9. The number of pyridine rings is 1. The maximum absolute atomic E-state index is 11.6. The number of aromatic nitrogens is 1. The Labute approximate surface area is 90.7 Å². The van der Waals surface area contributed by atoms with Gasteiger partial charge in [0.1, 0.15) is 5.78 Å². The topological polar surface area (TPSA) is 56.0 Å². The van der Waals surface area contributed by atoms with E-state index in [0.29, 0.717) is 18.8 Å². The summed E-state index contributed by atoms with van der Waals surface area (Å²) in [6, 6.07) is 3.69. The first-order valence-corrected chi connectivity index (χ1v) is 5.25. The summed E-state index contributed by atoms with van der Waals surface area (Å²) in [6.07, 6.45) is 4.32. The monoisotopic (exact) mass is 206 g/mol. The molecule has 1 rings (SSSR count). The second-order valence-electron chi connectivity index (χ2n) is 4.18. The summed E-state index contributed by atoms with van der Waals surface area (Å²) in [5.74, 6) is 0.550. The molecule has 15 heavy (non-hydrogen) atoms. The van der Waals surface area contributed by atoms with Crippen molar-refractivity contribution in [2.75, 3.05) is 0 Å². The quantitative estimate of drug-likeness (QED) is 0.795. The first-order chi connectivity index (χ1) is 7.09. The van der Waals surface area contributed by atoms with Crippen LogP contribution in [0.25, 0.3) is 0 Å². The predicted octanol–water partition coefficient (Wildman–Crippen LogP) is 1.57. The molecule has 0 radical (unpaired) electrons. The average molecular weight is 206 g/mol. The summed E-state index contributed by atoms with van der Waals surface area (Å²) in [5, 5.41) is 0. The summed E-state index contributed by atoms with van der Waals surface area (Å²) >= 11 is 0. The lowest BCUT2D eigenvalue weighted by atomic mass is 9.97. The van der Waals surface area contributed by atoms with Crippen LogP contribution in [0.2, 0.25) is 0 Å². The molecule has 3 heteroatoms. The fourth-order valence-corrected chi connectivity index (χ4v) is 1.30. The Morgan fingerprint density at radius 1 is 1.40 bits per heavy atom. The van der Waals surface area contributed by atoms with Gasteiger partial charge in [-0.3, -0.25) is 9.78 Å². The van der Waals surface area contributed by atoms with Gasteiger partial charge in [-0.25, -0.2) is 0 Å². The van der Waals surface area contributed by atoms with E-state index in [4.69, 9.17) is 5.73 Å². The number of carbonyl (C=O) groups excluding carboxylic acids is 1. The van der Waals surface area contributed by atoms with Crippen LogP contribution in [0, 0.1) is 5.92 Å². The van der Waals surface area contributed by atoms with Gasteiger partial charge in [0.15, 0.2) is 0 Å². The van der Waals surface area contributed by atoms with Crippen LogP contribution >= 0.6 is 0 Å². The third kappa shape index (κ3) is 4.21. The zero-order valence-corrected chi connectivity index (χ0v) is 9.31. The van der Waals surface area contributed by atoms with Gasteiger partial charge in [0, 0.05) is 31.3 Å². The fourth-order valence-electron chi connectivity index (χ4n) is 1.30. The third-order valence-electron chi connectivity index (χ3n) is 2.47. The Kier molecular flexibility index (Phi) is 4.43. The highest BCUT2D eigenvalue weighted by molar-refractivity contribution is 5.81. The molecular weight excluding hydrogens is 188 g/mol. The van der Waals surface area contributed by atoms with Crippen molar-refractivity contribution in [3.63, 3.8) is 0 Å². The number of carbonyl (C=O) groups is 1. The molecule has 0 fully saturated rings. The minimum absolute atomic E-state index is 0.0284. The van der Waals surface area contributed by atoms with E-state index in [1.807, 2.05) is 26.0 Å². The molecule has 82 valence electrons. The van der Waals surface area contributed by atoms with Crippen molar-refractivity contribution < 1.29 is 4.79 Å². The summed E-state index contributed by atoms with van der Waals surface area (Å²) in [7, 11) is 0. The molecule has 2 N–H and O–H groups in total. The maximum atomic E-state index is 11.6. The first-order valence-electron chi connectivity index (χ1n) is 5.25. The van der Waals surface area contributed by atoms with Crippen molar-refractivity contribution in [1.29, 1.82) is 0 Å². The van der Waals surface area contributed by atoms with Crippen LogP contribution in [0.5, 0.6) is 0 Å². The fraction of sp³-hybridized carbons (Fsp3) is 0.500. The Morgan fingerprint density at radius 2 is 2.00 bits per heavy atom. The van der Waals surface area contributed by atoms with E-state index in [-0.39, 0.29) is 11.8 Å². The molecule has 0 spiro atoms. The standard InChI is InChI=1S/C12H18N2O/c1-9(2)12(13)8-11(15)7-10-3-5-14-6-4-10/h3-6,9,12H,7-8,13H2,1-2H3. The molecule has 0 aliphatic rings. The minimum atomic E-state index is -0.0284. The molecule has 0 aromatic carbocycles. The SMILES string of the molecule is CC(C)C(N)CC(=O)Cc1ccncc1. The molecule has 0 aliphatic carbocycles. The van der Waals surface area contributed by atoms with Crippen LogP contribution in [-0.2, 0) is 11.2 Å². The van der Waals surface area contributed by atoms with Crippen LogP contribution in [-0.4, -0.2) is 16.8 Å². The summed E-state index contributed by atoms with van der Waals surface area (Å²) in [5.41, 5.74) is 6.84. The average Bonchev–Trinajstić information content (AvgIpc) is 2.18. The summed E-state index contributed by atoms with van der Waals surface area (Å²) in [4.78, 5) is 15.5. The molecule has 0 bridgehead atoms. The van der Waals surface area contributed by atoms with E-state index in [1.165, 1.54) is 0 Å². The Balaban J connectivity index is 2.43. The van der Waals surface area contributed by atoms with Crippen molar-refractivity contribution in [3.05, 3.63) is 30.1 Å². The van der Waals surface area contributed by atoms with Gasteiger partial charge in [0.25, 0.3) is 0 Å². The summed E-state index contributed by atoms with van der Waals surface area (Å²) < 4.78 is 0. The van der Waals surface area contributed by atoms with Gasteiger partial charge in [-0.05, 0) is 23.6 Å². The molecular formula is C12H18N2O. The largest absolute Gasteiger partial charge is 0.327 e. The third-order valence-corrected chi connectivity index (χ3v) is 2.47. The Hall–Kier alpha value is -1.22. The van der Waals surface area contributed by atoms with Crippen molar-refractivity contribution in [2.45, 2.75) is 32.7 Å². The van der Waals surface area contributed by atoms with Gasteiger partial charge in [-0.1, -0.05) is 13.8 Å². The Morgan fingerprint density at radius 3 is 2.53 bits per heavy atom. The van der Waals surface area contributed by atoms with Crippen molar-refractivity contribution in [2.24, 2.45) is 11.7 Å². The molecule has 0 amide bonds. The molecule has 3 nitrogen and oxygen atoms in total. The lowest BCUT2D eigenvalue weighted by Crippen LogP contribution is -2.29. The van der Waals surface area contributed by atoms with E-state index < -0.39 is 0 Å². The highest BCUT2D eigenvalue weighted by Gasteiger charge is 2.12. The van der Waals surface area contributed by atoms with E-state index >= 15 is 0 Å². The zero-order valence-electron chi connectivity index (χ0n) is 9.31. The van der Waals surface area contributed by atoms with Crippen LogP contribution in [0.1, 0.15) is 25.8 Å².